The van der Waals surface area contributed by atoms with E-state index in [2.05, 4.69) is 17.2 Å². The summed E-state index contributed by atoms with van der Waals surface area (Å²) in [5.41, 5.74) is 1.99. The van der Waals surface area contributed by atoms with Gasteiger partial charge in [-0.3, -0.25) is 0 Å². The third-order valence-electron chi connectivity index (χ3n) is 2.48. The SMILES string of the molecule is COc1ccccc1C#CCNc1ccccc1. The van der Waals surface area contributed by atoms with Gasteiger partial charge in [0.1, 0.15) is 5.75 Å². The molecular weight excluding hydrogens is 222 g/mol. The van der Waals surface area contributed by atoms with E-state index in [9.17, 15) is 0 Å². The Kier molecular flexibility index (Phi) is 4.27. The fraction of sp³-hybridized carbons (Fsp3) is 0.125. The second-order valence-corrected chi connectivity index (χ2v) is 3.72. The van der Waals surface area contributed by atoms with Gasteiger partial charge in [-0.1, -0.05) is 42.2 Å². The predicted octanol–water partition coefficient (Wildman–Crippen LogP) is 3.16. The summed E-state index contributed by atoms with van der Waals surface area (Å²) in [6.45, 7) is 0.613. The number of ether oxygens (including phenoxy) is 1. The van der Waals surface area contributed by atoms with Crippen LogP contribution in [0.2, 0.25) is 0 Å². The summed E-state index contributed by atoms with van der Waals surface area (Å²) < 4.78 is 5.24. The van der Waals surface area contributed by atoms with Gasteiger partial charge in [-0.05, 0) is 24.3 Å². The largest absolute Gasteiger partial charge is 0.495 e. The zero-order valence-electron chi connectivity index (χ0n) is 10.3. The molecule has 0 heterocycles. The van der Waals surface area contributed by atoms with Crippen molar-refractivity contribution < 1.29 is 4.74 Å². The lowest BCUT2D eigenvalue weighted by Gasteiger charge is -2.02. The average Bonchev–Trinajstić information content (AvgIpc) is 2.45. The Morgan fingerprint density at radius 1 is 1.00 bits per heavy atom. The first kappa shape index (κ1) is 12.1. The molecule has 1 N–H and O–H groups in total. The summed E-state index contributed by atoms with van der Waals surface area (Å²) in [5, 5.41) is 3.24. The van der Waals surface area contributed by atoms with Crippen molar-refractivity contribution in [3.05, 3.63) is 60.2 Å². The van der Waals surface area contributed by atoms with E-state index < -0.39 is 0 Å². The van der Waals surface area contributed by atoms with E-state index in [-0.39, 0.29) is 0 Å². The Balaban J connectivity index is 1.96. The first-order valence-electron chi connectivity index (χ1n) is 5.81. The summed E-state index contributed by atoms with van der Waals surface area (Å²) in [4.78, 5) is 0. The highest BCUT2D eigenvalue weighted by Gasteiger charge is 1.95. The van der Waals surface area contributed by atoms with E-state index in [1.54, 1.807) is 7.11 Å². The maximum absolute atomic E-state index is 5.24. The van der Waals surface area contributed by atoms with Crippen LogP contribution in [0.1, 0.15) is 5.56 Å². The second-order valence-electron chi connectivity index (χ2n) is 3.72. The van der Waals surface area contributed by atoms with Crippen molar-refractivity contribution in [2.75, 3.05) is 19.0 Å². The van der Waals surface area contributed by atoms with E-state index in [0.29, 0.717) is 6.54 Å². The summed E-state index contributed by atoms with van der Waals surface area (Å²) in [6.07, 6.45) is 0. The molecule has 0 unspecified atom stereocenters. The Hall–Kier alpha value is -2.40. The molecule has 0 aliphatic heterocycles. The van der Waals surface area contributed by atoms with Crippen LogP contribution in [0.15, 0.2) is 54.6 Å². The lowest BCUT2D eigenvalue weighted by molar-refractivity contribution is 0.413. The van der Waals surface area contributed by atoms with Crippen LogP contribution >= 0.6 is 0 Å². The van der Waals surface area contributed by atoms with Crippen molar-refractivity contribution in [1.29, 1.82) is 0 Å². The molecule has 2 rings (SSSR count). The van der Waals surface area contributed by atoms with Gasteiger partial charge in [0.05, 0.1) is 19.2 Å². The van der Waals surface area contributed by atoms with Crippen LogP contribution in [-0.2, 0) is 0 Å². The quantitative estimate of drug-likeness (QED) is 0.828. The summed E-state index contributed by atoms with van der Waals surface area (Å²) in [7, 11) is 1.66. The number of hydrogen-bond donors (Lipinski definition) is 1. The van der Waals surface area contributed by atoms with Gasteiger partial charge in [-0.15, -0.1) is 0 Å². The molecule has 0 fully saturated rings. The maximum atomic E-state index is 5.24. The Bertz CT molecular complexity index is 552. The standard InChI is InChI=1S/C16H15NO/c1-18-16-12-6-5-8-14(16)9-7-13-17-15-10-3-2-4-11-15/h2-6,8,10-12,17H,13H2,1H3. The summed E-state index contributed by atoms with van der Waals surface area (Å²) >= 11 is 0. The highest BCUT2D eigenvalue weighted by atomic mass is 16.5. The fourth-order valence-electron chi connectivity index (χ4n) is 1.59. The monoisotopic (exact) mass is 237 g/mol. The van der Waals surface area contributed by atoms with Crippen molar-refractivity contribution in [2.24, 2.45) is 0 Å². The molecule has 0 bridgehead atoms. The normalized spacial score (nSPS) is 9.17. The van der Waals surface area contributed by atoms with E-state index >= 15 is 0 Å². The minimum atomic E-state index is 0.613. The summed E-state index contributed by atoms with van der Waals surface area (Å²) in [5.74, 6) is 6.99. The minimum absolute atomic E-state index is 0.613. The van der Waals surface area contributed by atoms with Crippen molar-refractivity contribution >= 4 is 5.69 Å². The van der Waals surface area contributed by atoms with Gasteiger partial charge < -0.3 is 10.1 Å². The van der Waals surface area contributed by atoms with Gasteiger partial charge in [0.25, 0.3) is 0 Å². The van der Waals surface area contributed by atoms with E-state index in [1.165, 1.54) is 0 Å². The Morgan fingerprint density at radius 2 is 1.72 bits per heavy atom. The maximum Gasteiger partial charge on any atom is 0.134 e. The third kappa shape index (κ3) is 3.29. The molecule has 90 valence electrons. The van der Waals surface area contributed by atoms with Crippen molar-refractivity contribution in [3.63, 3.8) is 0 Å². The highest BCUT2D eigenvalue weighted by Crippen LogP contribution is 2.15. The molecule has 0 spiro atoms. The molecule has 0 radical (unpaired) electrons. The molecule has 0 aromatic heterocycles. The van der Waals surface area contributed by atoms with E-state index in [1.807, 2.05) is 54.6 Å². The van der Waals surface area contributed by atoms with Crippen LogP contribution in [-0.4, -0.2) is 13.7 Å². The van der Waals surface area contributed by atoms with Crippen LogP contribution in [0.4, 0.5) is 5.69 Å². The van der Waals surface area contributed by atoms with Crippen LogP contribution < -0.4 is 10.1 Å². The van der Waals surface area contributed by atoms with Crippen molar-refractivity contribution in [1.82, 2.24) is 0 Å². The van der Waals surface area contributed by atoms with E-state index in [0.717, 1.165) is 17.0 Å². The van der Waals surface area contributed by atoms with Crippen LogP contribution in [0.3, 0.4) is 0 Å². The van der Waals surface area contributed by atoms with Gasteiger partial charge in [0, 0.05) is 5.69 Å². The molecule has 0 amide bonds. The number of nitrogens with one attached hydrogen (secondary N) is 1. The zero-order chi connectivity index (χ0) is 12.6. The lowest BCUT2D eigenvalue weighted by atomic mass is 10.2. The third-order valence-corrected chi connectivity index (χ3v) is 2.48. The number of rotatable bonds is 3. The lowest BCUT2D eigenvalue weighted by Crippen LogP contribution is -1.98. The topological polar surface area (TPSA) is 21.3 Å². The minimum Gasteiger partial charge on any atom is -0.495 e. The molecule has 2 aromatic rings. The molecule has 18 heavy (non-hydrogen) atoms. The van der Waals surface area contributed by atoms with Gasteiger partial charge in [0.2, 0.25) is 0 Å². The molecule has 0 aliphatic rings. The number of hydrogen-bond acceptors (Lipinski definition) is 2. The van der Waals surface area contributed by atoms with Crippen molar-refractivity contribution in [2.45, 2.75) is 0 Å². The Labute approximate surface area is 108 Å². The number of anilines is 1. The molecule has 2 nitrogen and oxygen atoms in total. The molecule has 2 aromatic carbocycles. The summed E-state index contributed by atoms with van der Waals surface area (Å²) in [6, 6.07) is 17.8. The van der Waals surface area contributed by atoms with Crippen LogP contribution in [0.5, 0.6) is 5.75 Å². The Morgan fingerprint density at radius 3 is 2.50 bits per heavy atom. The molecule has 0 saturated heterocycles. The first-order chi connectivity index (χ1) is 8.90. The predicted molar refractivity (Wildman–Crippen MR) is 74.8 cm³/mol. The van der Waals surface area contributed by atoms with E-state index in [4.69, 9.17) is 4.74 Å². The van der Waals surface area contributed by atoms with Gasteiger partial charge in [0.15, 0.2) is 0 Å². The number of methoxy groups -OCH3 is 1. The molecular formula is C16H15NO. The van der Waals surface area contributed by atoms with Crippen LogP contribution in [0, 0.1) is 11.8 Å². The molecule has 0 saturated carbocycles. The molecule has 0 atom stereocenters. The molecule has 0 aliphatic carbocycles. The number of para-hydroxylation sites is 2. The zero-order valence-corrected chi connectivity index (χ0v) is 10.3. The first-order valence-corrected chi connectivity index (χ1v) is 5.81. The highest BCUT2D eigenvalue weighted by molar-refractivity contribution is 5.48. The molecule has 2 heteroatoms. The van der Waals surface area contributed by atoms with Gasteiger partial charge in [-0.25, -0.2) is 0 Å². The second kappa shape index (κ2) is 6.36. The van der Waals surface area contributed by atoms with Crippen LogP contribution in [0.25, 0.3) is 0 Å². The fourth-order valence-corrected chi connectivity index (χ4v) is 1.59. The van der Waals surface area contributed by atoms with Gasteiger partial charge >= 0.3 is 0 Å². The van der Waals surface area contributed by atoms with Gasteiger partial charge in [-0.2, -0.15) is 0 Å². The van der Waals surface area contributed by atoms with Crippen molar-refractivity contribution in [3.8, 4) is 17.6 Å². The average molecular weight is 237 g/mol. The number of benzene rings is 2. The smallest absolute Gasteiger partial charge is 0.134 e.